The number of nitrogens with zero attached hydrogens (tertiary/aromatic N) is 2. The van der Waals surface area contributed by atoms with Crippen LogP contribution in [0.3, 0.4) is 0 Å². The highest BCUT2D eigenvalue weighted by Crippen LogP contribution is 2.24. The SMILES string of the molecule is CCOc1cc(C=O)nc2nc(C=O)ccc12. The molecule has 0 saturated heterocycles. The van der Waals surface area contributed by atoms with Gasteiger partial charge in [-0.1, -0.05) is 0 Å². The van der Waals surface area contributed by atoms with Gasteiger partial charge >= 0.3 is 0 Å². The van der Waals surface area contributed by atoms with E-state index < -0.39 is 0 Å². The molecule has 5 nitrogen and oxygen atoms in total. The van der Waals surface area contributed by atoms with Gasteiger partial charge in [0.2, 0.25) is 0 Å². The van der Waals surface area contributed by atoms with E-state index in [2.05, 4.69) is 9.97 Å². The van der Waals surface area contributed by atoms with E-state index in [0.29, 0.717) is 36.0 Å². The highest BCUT2D eigenvalue weighted by molar-refractivity contribution is 5.88. The maximum absolute atomic E-state index is 10.7. The lowest BCUT2D eigenvalue weighted by Crippen LogP contribution is -1.99. The van der Waals surface area contributed by atoms with Crippen LogP contribution in [0.15, 0.2) is 18.2 Å². The van der Waals surface area contributed by atoms with Gasteiger partial charge in [-0.05, 0) is 19.1 Å². The van der Waals surface area contributed by atoms with Gasteiger partial charge in [0, 0.05) is 6.07 Å². The Labute approximate surface area is 97.4 Å². The van der Waals surface area contributed by atoms with Gasteiger partial charge in [0.25, 0.3) is 0 Å². The Balaban J connectivity index is 2.70. The first-order valence-electron chi connectivity index (χ1n) is 5.13. The topological polar surface area (TPSA) is 69.2 Å². The number of aldehydes is 2. The molecule has 0 fully saturated rings. The van der Waals surface area contributed by atoms with Crippen molar-refractivity contribution in [2.75, 3.05) is 6.61 Å². The molecule has 0 aliphatic heterocycles. The Morgan fingerprint density at radius 2 is 1.88 bits per heavy atom. The highest BCUT2D eigenvalue weighted by Gasteiger charge is 2.08. The zero-order chi connectivity index (χ0) is 12.3. The molecule has 2 heterocycles. The third kappa shape index (κ3) is 2.13. The second kappa shape index (κ2) is 4.69. The molecule has 2 rings (SSSR count). The Bertz CT molecular complexity index is 576. The van der Waals surface area contributed by atoms with Crippen molar-refractivity contribution in [2.45, 2.75) is 6.92 Å². The summed E-state index contributed by atoms with van der Waals surface area (Å²) in [5.41, 5.74) is 0.842. The van der Waals surface area contributed by atoms with Crippen molar-refractivity contribution < 1.29 is 14.3 Å². The number of hydrogen-bond acceptors (Lipinski definition) is 5. The predicted molar refractivity (Wildman–Crippen MR) is 61.5 cm³/mol. The minimum Gasteiger partial charge on any atom is -0.493 e. The largest absolute Gasteiger partial charge is 0.493 e. The first-order chi connectivity index (χ1) is 8.28. The van der Waals surface area contributed by atoms with Crippen LogP contribution in [-0.4, -0.2) is 29.1 Å². The predicted octanol–water partition coefficient (Wildman–Crippen LogP) is 1.65. The molecule has 0 N–H and O–H groups in total. The Morgan fingerprint density at radius 3 is 2.53 bits per heavy atom. The molecule has 5 heteroatoms. The van der Waals surface area contributed by atoms with Crippen molar-refractivity contribution in [3.8, 4) is 5.75 Å². The van der Waals surface area contributed by atoms with Crippen molar-refractivity contribution in [1.29, 1.82) is 0 Å². The fourth-order valence-corrected chi connectivity index (χ4v) is 1.51. The molecular formula is C12H10N2O3. The second-order valence-corrected chi connectivity index (χ2v) is 3.32. The van der Waals surface area contributed by atoms with E-state index >= 15 is 0 Å². The number of carbonyl (C=O) groups excluding carboxylic acids is 2. The molecule has 0 radical (unpaired) electrons. The normalized spacial score (nSPS) is 10.2. The van der Waals surface area contributed by atoms with Gasteiger partial charge in [-0.2, -0.15) is 0 Å². The number of carbonyl (C=O) groups is 2. The molecule has 0 aliphatic carbocycles. The standard InChI is InChI=1S/C12H10N2O3/c1-2-17-11-5-9(7-16)14-12-10(11)4-3-8(6-15)13-12/h3-7H,2H2,1H3. The molecule has 2 aromatic heterocycles. The summed E-state index contributed by atoms with van der Waals surface area (Å²) in [6, 6.07) is 4.85. The van der Waals surface area contributed by atoms with E-state index in [4.69, 9.17) is 4.74 Å². The summed E-state index contributed by atoms with van der Waals surface area (Å²) < 4.78 is 5.41. The van der Waals surface area contributed by atoms with Crippen LogP contribution in [0.25, 0.3) is 11.0 Å². The lowest BCUT2D eigenvalue weighted by molar-refractivity contribution is 0.111. The van der Waals surface area contributed by atoms with Crippen LogP contribution in [0, 0.1) is 0 Å². The smallest absolute Gasteiger partial charge is 0.168 e. The summed E-state index contributed by atoms with van der Waals surface area (Å²) in [6.45, 7) is 2.33. The zero-order valence-electron chi connectivity index (χ0n) is 9.21. The molecule has 0 saturated carbocycles. The van der Waals surface area contributed by atoms with Gasteiger partial charge in [-0.3, -0.25) is 9.59 Å². The third-order valence-electron chi connectivity index (χ3n) is 2.22. The van der Waals surface area contributed by atoms with Gasteiger partial charge in [0.05, 0.1) is 12.0 Å². The van der Waals surface area contributed by atoms with Crippen molar-refractivity contribution in [2.24, 2.45) is 0 Å². The maximum Gasteiger partial charge on any atom is 0.168 e. The molecule has 0 amide bonds. The molecule has 0 aromatic carbocycles. The average Bonchev–Trinajstić information content (AvgIpc) is 2.38. The lowest BCUT2D eigenvalue weighted by Gasteiger charge is -2.07. The monoisotopic (exact) mass is 230 g/mol. The van der Waals surface area contributed by atoms with Crippen LogP contribution in [0.2, 0.25) is 0 Å². The number of rotatable bonds is 4. The van der Waals surface area contributed by atoms with E-state index in [1.165, 1.54) is 0 Å². The molecule has 0 bridgehead atoms. The van der Waals surface area contributed by atoms with Gasteiger partial charge in [-0.25, -0.2) is 9.97 Å². The third-order valence-corrected chi connectivity index (χ3v) is 2.22. The first-order valence-corrected chi connectivity index (χ1v) is 5.13. The Hall–Kier alpha value is -2.30. The fraction of sp³-hybridized carbons (Fsp3) is 0.167. The number of fused-ring (bicyclic) bond motifs is 1. The highest BCUT2D eigenvalue weighted by atomic mass is 16.5. The molecule has 0 unspecified atom stereocenters. The average molecular weight is 230 g/mol. The molecule has 0 atom stereocenters. The van der Waals surface area contributed by atoms with Crippen LogP contribution >= 0.6 is 0 Å². The molecule has 2 aromatic rings. The van der Waals surface area contributed by atoms with Crippen LogP contribution in [0.5, 0.6) is 5.75 Å². The van der Waals surface area contributed by atoms with Crippen molar-refractivity contribution in [3.05, 3.63) is 29.6 Å². The van der Waals surface area contributed by atoms with E-state index in [-0.39, 0.29) is 11.4 Å². The van der Waals surface area contributed by atoms with E-state index in [1.807, 2.05) is 6.92 Å². The molecule has 17 heavy (non-hydrogen) atoms. The lowest BCUT2D eigenvalue weighted by atomic mass is 10.2. The van der Waals surface area contributed by atoms with Gasteiger partial charge in [0.1, 0.15) is 17.1 Å². The van der Waals surface area contributed by atoms with Crippen LogP contribution in [0.4, 0.5) is 0 Å². The van der Waals surface area contributed by atoms with E-state index in [9.17, 15) is 9.59 Å². The summed E-state index contributed by atoms with van der Waals surface area (Å²) in [5, 5.41) is 0.683. The number of aromatic nitrogens is 2. The first kappa shape index (κ1) is 11.2. The Kier molecular flexibility index (Phi) is 3.09. The van der Waals surface area contributed by atoms with Gasteiger partial charge in [0.15, 0.2) is 18.2 Å². The number of ether oxygens (including phenoxy) is 1. The second-order valence-electron chi connectivity index (χ2n) is 3.32. The molecule has 0 aliphatic rings. The maximum atomic E-state index is 10.7. The number of hydrogen-bond donors (Lipinski definition) is 0. The van der Waals surface area contributed by atoms with Crippen LogP contribution < -0.4 is 4.74 Å². The van der Waals surface area contributed by atoms with Gasteiger partial charge in [-0.15, -0.1) is 0 Å². The molecular weight excluding hydrogens is 220 g/mol. The van der Waals surface area contributed by atoms with Crippen molar-refractivity contribution >= 4 is 23.6 Å². The summed E-state index contributed by atoms with van der Waals surface area (Å²) >= 11 is 0. The van der Waals surface area contributed by atoms with Crippen LogP contribution in [-0.2, 0) is 0 Å². The van der Waals surface area contributed by atoms with E-state index in [0.717, 1.165) is 0 Å². The zero-order valence-corrected chi connectivity index (χ0v) is 9.21. The van der Waals surface area contributed by atoms with Crippen molar-refractivity contribution in [1.82, 2.24) is 9.97 Å². The summed E-state index contributed by atoms with van der Waals surface area (Å²) in [6.07, 6.45) is 1.26. The summed E-state index contributed by atoms with van der Waals surface area (Å²) in [4.78, 5) is 29.4. The van der Waals surface area contributed by atoms with Crippen molar-refractivity contribution in [3.63, 3.8) is 0 Å². The minimum absolute atomic E-state index is 0.233. The molecule has 0 spiro atoms. The molecule has 86 valence electrons. The van der Waals surface area contributed by atoms with Gasteiger partial charge < -0.3 is 4.74 Å². The number of pyridine rings is 2. The summed E-state index contributed by atoms with van der Waals surface area (Å²) in [7, 11) is 0. The quantitative estimate of drug-likeness (QED) is 0.747. The summed E-state index contributed by atoms with van der Waals surface area (Å²) in [5.74, 6) is 0.546. The fourth-order valence-electron chi connectivity index (χ4n) is 1.51. The van der Waals surface area contributed by atoms with E-state index in [1.54, 1.807) is 18.2 Å². The van der Waals surface area contributed by atoms with Crippen LogP contribution in [0.1, 0.15) is 27.9 Å². The minimum atomic E-state index is 0.233. The Morgan fingerprint density at radius 1 is 1.18 bits per heavy atom.